The van der Waals surface area contributed by atoms with Crippen molar-refractivity contribution in [2.75, 3.05) is 12.4 Å². The van der Waals surface area contributed by atoms with Gasteiger partial charge in [0.2, 0.25) is 5.91 Å². The van der Waals surface area contributed by atoms with Gasteiger partial charge in [-0.3, -0.25) is 4.79 Å². The summed E-state index contributed by atoms with van der Waals surface area (Å²) in [6, 6.07) is 0. The van der Waals surface area contributed by atoms with Gasteiger partial charge in [-0.2, -0.15) is 0 Å². The SMILES string of the molecule is CCCCC(CC)C(=O)NCCCl. The highest BCUT2D eigenvalue weighted by molar-refractivity contribution is 6.18. The smallest absolute Gasteiger partial charge is 0.223 e. The van der Waals surface area contributed by atoms with Gasteiger partial charge in [-0.05, 0) is 12.8 Å². The van der Waals surface area contributed by atoms with E-state index in [1.54, 1.807) is 0 Å². The highest BCUT2D eigenvalue weighted by atomic mass is 35.5. The molecule has 0 rings (SSSR count). The van der Waals surface area contributed by atoms with Gasteiger partial charge in [-0.1, -0.05) is 26.7 Å². The average Bonchev–Trinajstić information content (AvgIpc) is 2.16. The van der Waals surface area contributed by atoms with Crippen molar-refractivity contribution in [1.82, 2.24) is 5.32 Å². The van der Waals surface area contributed by atoms with Gasteiger partial charge < -0.3 is 5.32 Å². The number of nitrogens with one attached hydrogen (secondary N) is 1. The van der Waals surface area contributed by atoms with E-state index >= 15 is 0 Å². The number of alkyl halides is 1. The molecule has 0 bridgehead atoms. The van der Waals surface area contributed by atoms with Crippen molar-refractivity contribution >= 4 is 17.5 Å². The highest BCUT2D eigenvalue weighted by Crippen LogP contribution is 2.12. The van der Waals surface area contributed by atoms with Crippen LogP contribution in [0.1, 0.15) is 39.5 Å². The van der Waals surface area contributed by atoms with E-state index in [2.05, 4.69) is 19.2 Å². The van der Waals surface area contributed by atoms with E-state index in [0.717, 1.165) is 25.7 Å². The van der Waals surface area contributed by atoms with Crippen molar-refractivity contribution in [2.24, 2.45) is 5.92 Å². The molecule has 0 aromatic heterocycles. The van der Waals surface area contributed by atoms with Crippen LogP contribution in [0, 0.1) is 5.92 Å². The fraction of sp³-hybridized carbons (Fsp3) is 0.900. The van der Waals surface area contributed by atoms with Crippen molar-refractivity contribution in [3.8, 4) is 0 Å². The zero-order valence-electron chi connectivity index (χ0n) is 8.61. The number of unbranched alkanes of at least 4 members (excludes halogenated alkanes) is 1. The van der Waals surface area contributed by atoms with Crippen LogP contribution in [0.15, 0.2) is 0 Å². The van der Waals surface area contributed by atoms with Crippen molar-refractivity contribution in [1.29, 1.82) is 0 Å². The first kappa shape index (κ1) is 12.8. The molecule has 1 amide bonds. The molecule has 78 valence electrons. The average molecular weight is 206 g/mol. The van der Waals surface area contributed by atoms with Crippen molar-refractivity contribution in [2.45, 2.75) is 39.5 Å². The number of carbonyl (C=O) groups is 1. The molecule has 0 aromatic rings. The Hall–Kier alpha value is -0.240. The zero-order chi connectivity index (χ0) is 10.1. The van der Waals surface area contributed by atoms with Gasteiger partial charge in [-0.15, -0.1) is 11.6 Å². The van der Waals surface area contributed by atoms with Gasteiger partial charge >= 0.3 is 0 Å². The molecule has 0 aliphatic heterocycles. The minimum absolute atomic E-state index is 0.164. The number of rotatable bonds is 7. The lowest BCUT2D eigenvalue weighted by Gasteiger charge is -2.13. The summed E-state index contributed by atoms with van der Waals surface area (Å²) in [4.78, 5) is 11.5. The lowest BCUT2D eigenvalue weighted by Crippen LogP contribution is -2.31. The van der Waals surface area contributed by atoms with Crippen LogP contribution >= 0.6 is 11.6 Å². The molecule has 0 fully saturated rings. The van der Waals surface area contributed by atoms with Crippen LogP contribution < -0.4 is 5.32 Å². The molecular formula is C10H20ClNO. The Morgan fingerprint density at radius 2 is 2.15 bits per heavy atom. The van der Waals surface area contributed by atoms with Crippen molar-refractivity contribution in [3.05, 3.63) is 0 Å². The van der Waals surface area contributed by atoms with E-state index in [-0.39, 0.29) is 11.8 Å². The van der Waals surface area contributed by atoms with E-state index < -0.39 is 0 Å². The van der Waals surface area contributed by atoms with E-state index in [9.17, 15) is 4.79 Å². The number of carbonyl (C=O) groups excluding carboxylic acids is 1. The van der Waals surface area contributed by atoms with Crippen LogP contribution in [0.5, 0.6) is 0 Å². The first-order chi connectivity index (χ1) is 6.26. The second-order valence-electron chi connectivity index (χ2n) is 3.23. The van der Waals surface area contributed by atoms with Gasteiger partial charge in [0.1, 0.15) is 0 Å². The number of halogens is 1. The number of hydrogen-bond donors (Lipinski definition) is 1. The topological polar surface area (TPSA) is 29.1 Å². The Balaban J connectivity index is 3.71. The van der Waals surface area contributed by atoms with Crippen molar-refractivity contribution < 1.29 is 4.79 Å². The molecule has 1 atom stereocenters. The fourth-order valence-electron chi connectivity index (χ4n) is 1.29. The first-order valence-electron chi connectivity index (χ1n) is 5.09. The van der Waals surface area contributed by atoms with Crippen LogP contribution in [0.4, 0.5) is 0 Å². The fourth-order valence-corrected chi connectivity index (χ4v) is 1.38. The maximum atomic E-state index is 11.5. The molecule has 0 saturated heterocycles. The number of amides is 1. The Bertz CT molecular complexity index is 139. The van der Waals surface area contributed by atoms with Gasteiger partial charge in [0.05, 0.1) is 0 Å². The summed E-state index contributed by atoms with van der Waals surface area (Å²) in [5.41, 5.74) is 0. The molecule has 0 aliphatic rings. The molecule has 0 saturated carbocycles. The Kier molecular flexibility index (Phi) is 8.21. The predicted molar refractivity (Wildman–Crippen MR) is 57.0 cm³/mol. The summed E-state index contributed by atoms with van der Waals surface area (Å²) < 4.78 is 0. The Labute approximate surface area is 86.0 Å². The summed E-state index contributed by atoms with van der Waals surface area (Å²) in [5.74, 6) is 0.843. The van der Waals surface area contributed by atoms with Crippen LogP contribution in [0.25, 0.3) is 0 Å². The third kappa shape index (κ3) is 5.92. The Morgan fingerprint density at radius 1 is 1.46 bits per heavy atom. The molecule has 1 unspecified atom stereocenters. The molecular weight excluding hydrogens is 186 g/mol. The lowest BCUT2D eigenvalue weighted by atomic mass is 9.98. The van der Waals surface area contributed by atoms with Crippen molar-refractivity contribution in [3.63, 3.8) is 0 Å². The van der Waals surface area contributed by atoms with E-state index in [1.807, 2.05) is 0 Å². The minimum atomic E-state index is 0.164. The zero-order valence-corrected chi connectivity index (χ0v) is 9.36. The molecule has 0 aliphatic carbocycles. The lowest BCUT2D eigenvalue weighted by molar-refractivity contribution is -0.125. The molecule has 1 N–H and O–H groups in total. The maximum absolute atomic E-state index is 11.5. The molecule has 0 radical (unpaired) electrons. The molecule has 2 nitrogen and oxygen atoms in total. The van der Waals surface area contributed by atoms with Gasteiger partial charge in [0.15, 0.2) is 0 Å². The second-order valence-corrected chi connectivity index (χ2v) is 3.61. The predicted octanol–water partition coefficient (Wildman–Crippen LogP) is 2.56. The summed E-state index contributed by atoms with van der Waals surface area (Å²) in [6.07, 6.45) is 4.21. The molecule has 0 aromatic carbocycles. The van der Waals surface area contributed by atoms with Crippen LogP contribution in [-0.2, 0) is 4.79 Å². The van der Waals surface area contributed by atoms with Crippen LogP contribution in [0.3, 0.4) is 0 Å². The molecule has 0 heterocycles. The highest BCUT2D eigenvalue weighted by Gasteiger charge is 2.14. The third-order valence-corrected chi connectivity index (χ3v) is 2.35. The quantitative estimate of drug-likeness (QED) is 0.636. The first-order valence-corrected chi connectivity index (χ1v) is 5.63. The summed E-state index contributed by atoms with van der Waals surface area (Å²) in [5, 5.41) is 2.82. The summed E-state index contributed by atoms with van der Waals surface area (Å²) in [6.45, 7) is 4.78. The summed E-state index contributed by atoms with van der Waals surface area (Å²) >= 11 is 5.48. The van der Waals surface area contributed by atoms with Gasteiger partial charge in [-0.25, -0.2) is 0 Å². The molecule has 13 heavy (non-hydrogen) atoms. The number of hydrogen-bond acceptors (Lipinski definition) is 1. The summed E-state index contributed by atoms with van der Waals surface area (Å²) in [7, 11) is 0. The minimum Gasteiger partial charge on any atom is -0.355 e. The van der Waals surface area contributed by atoms with Crippen LogP contribution in [-0.4, -0.2) is 18.3 Å². The van der Waals surface area contributed by atoms with Gasteiger partial charge in [0, 0.05) is 18.3 Å². The van der Waals surface area contributed by atoms with E-state index in [0.29, 0.717) is 12.4 Å². The largest absolute Gasteiger partial charge is 0.355 e. The maximum Gasteiger partial charge on any atom is 0.223 e. The van der Waals surface area contributed by atoms with E-state index in [4.69, 9.17) is 11.6 Å². The molecule has 0 spiro atoms. The van der Waals surface area contributed by atoms with E-state index in [1.165, 1.54) is 0 Å². The molecule has 3 heteroatoms. The standard InChI is InChI=1S/C10H20ClNO/c1-3-5-6-9(4-2)10(13)12-8-7-11/h9H,3-8H2,1-2H3,(H,12,13). The van der Waals surface area contributed by atoms with Crippen LogP contribution in [0.2, 0.25) is 0 Å². The normalized spacial score (nSPS) is 12.5. The second kappa shape index (κ2) is 8.36. The Morgan fingerprint density at radius 3 is 2.62 bits per heavy atom. The third-order valence-electron chi connectivity index (χ3n) is 2.16. The monoisotopic (exact) mass is 205 g/mol. The van der Waals surface area contributed by atoms with Gasteiger partial charge in [0.25, 0.3) is 0 Å².